The van der Waals surface area contributed by atoms with Crippen molar-refractivity contribution in [2.75, 3.05) is 5.75 Å². The van der Waals surface area contributed by atoms with Crippen LogP contribution in [0.25, 0.3) is 0 Å². The molecule has 2 unspecified atom stereocenters. The largest absolute Gasteiger partial charge is 0.477 e. The fourth-order valence-corrected chi connectivity index (χ4v) is 4.20. The third-order valence-electron chi connectivity index (χ3n) is 3.76. The van der Waals surface area contributed by atoms with Gasteiger partial charge in [0.2, 0.25) is 0 Å². The van der Waals surface area contributed by atoms with Crippen LogP contribution >= 0.6 is 23.4 Å². The van der Waals surface area contributed by atoms with Gasteiger partial charge in [0.15, 0.2) is 0 Å². The highest BCUT2D eigenvalue weighted by Crippen LogP contribution is 2.40. The van der Waals surface area contributed by atoms with Gasteiger partial charge in [-0.1, -0.05) is 11.6 Å². The Morgan fingerprint density at radius 1 is 1.52 bits per heavy atom. The minimum atomic E-state index is -1.14. The Morgan fingerprint density at radius 2 is 2.22 bits per heavy atom. The molecule has 23 heavy (non-hydrogen) atoms. The van der Waals surface area contributed by atoms with Gasteiger partial charge >= 0.3 is 5.97 Å². The molecule has 0 bridgehead atoms. The zero-order valence-electron chi connectivity index (χ0n) is 12.2. The number of carbonyl (C=O) groups excluding carboxylic acids is 2. The average molecular weight is 357 g/mol. The molecule has 2 aliphatic heterocycles. The zero-order valence-corrected chi connectivity index (χ0v) is 13.8. The molecule has 1 saturated heterocycles. The number of carboxylic acids is 1. The zero-order chi connectivity index (χ0) is 16.9. The SMILES string of the molecule is CC1=C(C(=O)O)N2C(=O)C(NC(=O)c3c(Cl)cnn3C)C2SC1. The topological polar surface area (TPSA) is 105 Å². The van der Waals surface area contributed by atoms with E-state index < -0.39 is 29.2 Å². The van der Waals surface area contributed by atoms with E-state index >= 15 is 0 Å². The van der Waals surface area contributed by atoms with Crippen LogP contribution in [-0.2, 0) is 16.6 Å². The molecule has 2 N–H and O–H groups in total. The molecule has 10 heteroatoms. The molecular weight excluding hydrogens is 344 g/mol. The van der Waals surface area contributed by atoms with Crippen molar-refractivity contribution >= 4 is 41.1 Å². The summed E-state index contributed by atoms with van der Waals surface area (Å²) in [7, 11) is 1.57. The molecule has 0 aliphatic carbocycles. The van der Waals surface area contributed by atoms with E-state index in [-0.39, 0.29) is 16.4 Å². The van der Waals surface area contributed by atoms with Crippen molar-refractivity contribution in [3.63, 3.8) is 0 Å². The van der Waals surface area contributed by atoms with Crippen molar-refractivity contribution in [2.45, 2.75) is 18.3 Å². The van der Waals surface area contributed by atoms with E-state index in [0.29, 0.717) is 11.3 Å². The highest BCUT2D eigenvalue weighted by Gasteiger charge is 2.53. The average Bonchev–Trinajstić information content (AvgIpc) is 2.83. The third-order valence-corrected chi connectivity index (χ3v) is 5.46. The maximum absolute atomic E-state index is 12.3. The van der Waals surface area contributed by atoms with Gasteiger partial charge in [0.05, 0.1) is 11.2 Å². The van der Waals surface area contributed by atoms with Crippen LogP contribution in [0.15, 0.2) is 17.5 Å². The summed E-state index contributed by atoms with van der Waals surface area (Å²) in [5, 5.41) is 15.5. The molecule has 122 valence electrons. The van der Waals surface area contributed by atoms with Crippen LogP contribution in [0.4, 0.5) is 0 Å². The first-order valence-corrected chi connectivity index (χ1v) is 8.11. The van der Waals surface area contributed by atoms with Crippen LogP contribution in [0.5, 0.6) is 0 Å². The highest BCUT2D eigenvalue weighted by atomic mass is 35.5. The third kappa shape index (κ3) is 2.40. The van der Waals surface area contributed by atoms with Crippen LogP contribution in [-0.4, -0.2) is 54.7 Å². The van der Waals surface area contributed by atoms with Crippen molar-refractivity contribution < 1.29 is 19.5 Å². The van der Waals surface area contributed by atoms with Crippen LogP contribution in [0.1, 0.15) is 17.4 Å². The van der Waals surface area contributed by atoms with Gasteiger partial charge in [-0.15, -0.1) is 11.8 Å². The predicted molar refractivity (Wildman–Crippen MR) is 82.9 cm³/mol. The first-order valence-electron chi connectivity index (χ1n) is 6.69. The Morgan fingerprint density at radius 3 is 2.78 bits per heavy atom. The van der Waals surface area contributed by atoms with E-state index in [1.807, 2.05) is 0 Å². The van der Waals surface area contributed by atoms with Gasteiger partial charge < -0.3 is 10.4 Å². The number of aliphatic carboxylic acids is 1. The molecule has 2 atom stereocenters. The number of nitrogens with zero attached hydrogens (tertiary/aromatic N) is 3. The number of β-lactam (4-membered cyclic amide) rings is 1. The fraction of sp³-hybridized carbons (Fsp3) is 0.385. The molecule has 1 aromatic rings. The molecule has 3 rings (SSSR count). The number of thioether (sulfide) groups is 1. The predicted octanol–water partition coefficient (Wildman–Crippen LogP) is 0.446. The normalized spacial score (nSPS) is 23.4. The molecule has 2 aliphatic rings. The number of hydrogen-bond acceptors (Lipinski definition) is 5. The molecular formula is C13H13ClN4O4S. The van der Waals surface area contributed by atoms with Gasteiger partial charge in [0.1, 0.15) is 22.8 Å². The van der Waals surface area contributed by atoms with Crippen LogP contribution in [0.2, 0.25) is 5.02 Å². The molecule has 2 amide bonds. The van der Waals surface area contributed by atoms with Crippen LogP contribution in [0.3, 0.4) is 0 Å². The van der Waals surface area contributed by atoms with Gasteiger partial charge in [-0.25, -0.2) is 4.79 Å². The number of amides is 2. The summed E-state index contributed by atoms with van der Waals surface area (Å²) in [5.41, 5.74) is 0.790. The second-order valence-electron chi connectivity index (χ2n) is 5.26. The van der Waals surface area contributed by atoms with Gasteiger partial charge in [-0.05, 0) is 12.5 Å². The first-order chi connectivity index (χ1) is 10.8. The number of rotatable bonds is 3. The number of hydrogen-bond donors (Lipinski definition) is 2. The Labute approximate surface area is 140 Å². The fourth-order valence-electron chi connectivity index (χ4n) is 2.65. The Hall–Kier alpha value is -2.00. The van der Waals surface area contributed by atoms with Crippen molar-refractivity contribution in [2.24, 2.45) is 7.05 Å². The van der Waals surface area contributed by atoms with Gasteiger partial charge in [0, 0.05) is 12.8 Å². The summed E-state index contributed by atoms with van der Waals surface area (Å²) in [6, 6.07) is -0.777. The monoisotopic (exact) mass is 356 g/mol. The Balaban J connectivity index is 1.79. The molecule has 1 fully saturated rings. The maximum atomic E-state index is 12.3. The summed E-state index contributed by atoms with van der Waals surface area (Å²) in [6.07, 6.45) is 1.34. The lowest BCUT2D eigenvalue weighted by Crippen LogP contribution is -2.70. The Kier molecular flexibility index (Phi) is 3.85. The van der Waals surface area contributed by atoms with E-state index in [1.54, 1.807) is 14.0 Å². The van der Waals surface area contributed by atoms with E-state index in [0.717, 1.165) is 0 Å². The summed E-state index contributed by atoms with van der Waals surface area (Å²) in [5.74, 6) is -1.60. The van der Waals surface area contributed by atoms with Crippen LogP contribution in [0, 0.1) is 0 Å². The number of carbonyl (C=O) groups is 3. The molecule has 1 aromatic heterocycles. The number of fused-ring (bicyclic) bond motifs is 1. The standard InChI is InChI=1S/C13H13ClN4O4S/c1-5-4-23-12-7(11(20)18(12)8(5)13(21)22)16-10(19)9-6(14)3-15-17(9)2/h3,7,12H,4H2,1-2H3,(H,16,19)(H,21,22). The second kappa shape index (κ2) is 5.57. The summed E-state index contributed by atoms with van der Waals surface area (Å²) < 4.78 is 1.32. The van der Waals surface area contributed by atoms with E-state index in [1.165, 1.54) is 27.5 Å². The number of carboxylic acid groups (broad SMARTS) is 1. The second-order valence-corrected chi connectivity index (χ2v) is 6.77. The lowest BCUT2D eigenvalue weighted by molar-refractivity contribution is -0.148. The summed E-state index contributed by atoms with van der Waals surface area (Å²) in [4.78, 5) is 37.1. The number of aryl methyl sites for hydroxylation is 1. The van der Waals surface area contributed by atoms with E-state index in [9.17, 15) is 19.5 Å². The van der Waals surface area contributed by atoms with Gasteiger partial charge in [0.25, 0.3) is 11.8 Å². The number of nitrogens with one attached hydrogen (secondary N) is 1. The van der Waals surface area contributed by atoms with Crippen molar-refractivity contribution in [3.8, 4) is 0 Å². The minimum Gasteiger partial charge on any atom is -0.477 e. The molecule has 0 spiro atoms. The summed E-state index contributed by atoms with van der Waals surface area (Å²) in [6.45, 7) is 1.68. The smallest absolute Gasteiger partial charge is 0.352 e. The van der Waals surface area contributed by atoms with Crippen molar-refractivity contribution in [3.05, 3.63) is 28.2 Å². The molecule has 3 heterocycles. The molecule has 0 aromatic carbocycles. The van der Waals surface area contributed by atoms with E-state index in [2.05, 4.69) is 10.4 Å². The number of halogens is 1. The quantitative estimate of drug-likeness (QED) is 0.762. The van der Waals surface area contributed by atoms with Crippen molar-refractivity contribution in [1.29, 1.82) is 0 Å². The maximum Gasteiger partial charge on any atom is 0.352 e. The Bertz CT molecular complexity index is 740. The van der Waals surface area contributed by atoms with Gasteiger partial charge in [-0.2, -0.15) is 5.10 Å². The van der Waals surface area contributed by atoms with E-state index in [4.69, 9.17) is 11.6 Å². The minimum absolute atomic E-state index is 0.00261. The number of aromatic nitrogens is 2. The summed E-state index contributed by atoms with van der Waals surface area (Å²) >= 11 is 7.33. The molecule has 0 saturated carbocycles. The highest BCUT2D eigenvalue weighted by molar-refractivity contribution is 8.00. The first kappa shape index (κ1) is 15.9. The molecule has 0 radical (unpaired) electrons. The lowest BCUT2D eigenvalue weighted by Gasteiger charge is -2.49. The van der Waals surface area contributed by atoms with Gasteiger partial charge in [-0.3, -0.25) is 19.2 Å². The lowest BCUT2D eigenvalue weighted by atomic mass is 10.0. The van der Waals surface area contributed by atoms with Crippen LogP contribution < -0.4 is 5.32 Å². The van der Waals surface area contributed by atoms with Crippen molar-refractivity contribution in [1.82, 2.24) is 20.0 Å². The molecule has 8 nitrogen and oxygen atoms in total.